The molecule has 5 aliphatic rings. The Morgan fingerprint density at radius 3 is 2.30 bits per heavy atom. The molecule has 0 unspecified atom stereocenters. The number of fused-ring (bicyclic) bond motifs is 1. The molecule has 0 amide bonds. The summed E-state index contributed by atoms with van der Waals surface area (Å²) in [6.45, 7) is 0.685. The quantitative estimate of drug-likeness (QED) is 0.899. The molecule has 0 spiro atoms. The molecule has 6 rings (SSSR count). The molecule has 3 nitrogen and oxygen atoms in total. The lowest BCUT2D eigenvalue weighted by atomic mass is 9.53. The summed E-state index contributed by atoms with van der Waals surface area (Å²) in [4.78, 5) is 0. The minimum atomic E-state index is 0.355. The van der Waals surface area contributed by atoms with Crippen LogP contribution in [0.4, 0.5) is 0 Å². The van der Waals surface area contributed by atoms with Crippen LogP contribution in [0.5, 0.6) is 0 Å². The third-order valence-corrected chi connectivity index (χ3v) is 6.66. The first-order chi connectivity index (χ1) is 9.77. The SMILES string of the molecule is NCc1c2c(nn1C13CC4CC(CC(C4)C1)C3)CCC2. The van der Waals surface area contributed by atoms with Crippen LogP contribution < -0.4 is 5.73 Å². The summed E-state index contributed by atoms with van der Waals surface area (Å²) < 4.78 is 2.46. The van der Waals surface area contributed by atoms with Gasteiger partial charge in [0, 0.05) is 6.54 Å². The lowest BCUT2D eigenvalue weighted by molar-refractivity contribution is -0.0509. The van der Waals surface area contributed by atoms with Crippen LogP contribution >= 0.6 is 0 Å². The van der Waals surface area contributed by atoms with E-state index in [9.17, 15) is 0 Å². The molecular weight excluding hydrogens is 246 g/mol. The lowest BCUT2D eigenvalue weighted by Crippen LogP contribution is -2.52. The van der Waals surface area contributed by atoms with Crippen molar-refractivity contribution in [3.05, 3.63) is 17.0 Å². The molecular formula is C17H25N3. The fraction of sp³-hybridized carbons (Fsp3) is 0.824. The van der Waals surface area contributed by atoms with Crippen LogP contribution in [0, 0.1) is 17.8 Å². The Hall–Kier alpha value is -0.830. The summed E-state index contributed by atoms with van der Waals surface area (Å²) in [5.74, 6) is 2.93. The molecule has 0 aliphatic heterocycles. The van der Waals surface area contributed by atoms with Crippen LogP contribution in [0.15, 0.2) is 0 Å². The van der Waals surface area contributed by atoms with Gasteiger partial charge in [-0.15, -0.1) is 0 Å². The topological polar surface area (TPSA) is 43.8 Å². The molecule has 1 aromatic rings. The maximum absolute atomic E-state index is 6.13. The van der Waals surface area contributed by atoms with Crippen LogP contribution in [-0.4, -0.2) is 9.78 Å². The van der Waals surface area contributed by atoms with E-state index in [4.69, 9.17) is 10.8 Å². The first kappa shape index (κ1) is 11.8. The van der Waals surface area contributed by atoms with E-state index < -0.39 is 0 Å². The molecule has 5 aliphatic carbocycles. The molecule has 108 valence electrons. The van der Waals surface area contributed by atoms with Crippen LogP contribution in [0.2, 0.25) is 0 Å². The molecule has 1 heterocycles. The Bertz CT molecular complexity index is 522. The van der Waals surface area contributed by atoms with E-state index in [1.165, 1.54) is 74.7 Å². The van der Waals surface area contributed by atoms with Crippen molar-refractivity contribution < 1.29 is 0 Å². The second-order valence-corrected chi connectivity index (χ2v) is 7.98. The first-order valence-corrected chi connectivity index (χ1v) is 8.57. The number of hydrogen-bond acceptors (Lipinski definition) is 2. The molecule has 0 radical (unpaired) electrons. The van der Waals surface area contributed by atoms with Crippen molar-refractivity contribution in [2.75, 3.05) is 0 Å². The monoisotopic (exact) mass is 271 g/mol. The van der Waals surface area contributed by atoms with Crippen LogP contribution in [0.1, 0.15) is 61.9 Å². The van der Waals surface area contributed by atoms with E-state index in [0.717, 1.165) is 17.8 Å². The maximum atomic E-state index is 6.13. The van der Waals surface area contributed by atoms with Gasteiger partial charge < -0.3 is 5.73 Å². The van der Waals surface area contributed by atoms with E-state index in [1.807, 2.05) is 0 Å². The summed E-state index contributed by atoms with van der Waals surface area (Å²) in [5.41, 5.74) is 10.8. The maximum Gasteiger partial charge on any atom is 0.0660 e. The molecule has 2 N–H and O–H groups in total. The van der Waals surface area contributed by atoms with Crippen LogP contribution in [-0.2, 0) is 24.9 Å². The molecule has 0 aromatic carbocycles. The van der Waals surface area contributed by atoms with Gasteiger partial charge in [-0.3, -0.25) is 4.68 Å². The Morgan fingerprint density at radius 1 is 1.05 bits per heavy atom. The van der Waals surface area contributed by atoms with Crippen molar-refractivity contribution >= 4 is 0 Å². The van der Waals surface area contributed by atoms with Gasteiger partial charge >= 0.3 is 0 Å². The van der Waals surface area contributed by atoms with Crippen molar-refractivity contribution in [1.29, 1.82) is 0 Å². The Kier molecular flexibility index (Phi) is 2.29. The first-order valence-electron chi connectivity index (χ1n) is 8.57. The standard InChI is InChI=1S/C17H25N3/c18-10-16-14-2-1-3-15(14)19-20(16)17-7-11-4-12(8-17)6-13(5-11)9-17/h11-13H,1-10,18H2. The summed E-state index contributed by atoms with van der Waals surface area (Å²) >= 11 is 0. The average molecular weight is 271 g/mol. The van der Waals surface area contributed by atoms with Crippen LogP contribution in [0.25, 0.3) is 0 Å². The average Bonchev–Trinajstić information content (AvgIpc) is 2.96. The fourth-order valence-corrected chi connectivity index (χ4v) is 6.38. The van der Waals surface area contributed by atoms with Gasteiger partial charge in [-0.05, 0) is 81.1 Å². The van der Waals surface area contributed by atoms with Gasteiger partial charge in [-0.1, -0.05) is 0 Å². The Labute approximate surface area is 120 Å². The van der Waals surface area contributed by atoms with Gasteiger partial charge in [0.2, 0.25) is 0 Å². The summed E-state index contributed by atoms with van der Waals surface area (Å²) in [7, 11) is 0. The van der Waals surface area contributed by atoms with Crippen molar-refractivity contribution in [3.63, 3.8) is 0 Å². The fourth-order valence-electron chi connectivity index (χ4n) is 6.38. The molecule has 4 fully saturated rings. The second kappa shape index (κ2) is 3.88. The van der Waals surface area contributed by atoms with Gasteiger partial charge in [-0.25, -0.2) is 0 Å². The van der Waals surface area contributed by atoms with E-state index in [-0.39, 0.29) is 0 Å². The Balaban J connectivity index is 1.63. The molecule has 20 heavy (non-hydrogen) atoms. The molecule has 4 bridgehead atoms. The third kappa shape index (κ3) is 1.42. The summed E-state index contributed by atoms with van der Waals surface area (Å²) in [6, 6.07) is 0. The Morgan fingerprint density at radius 2 is 1.70 bits per heavy atom. The lowest BCUT2D eigenvalue weighted by Gasteiger charge is -2.57. The number of nitrogens with two attached hydrogens (primary N) is 1. The molecule has 1 aromatic heterocycles. The van der Waals surface area contributed by atoms with E-state index in [0.29, 0.717) is 12.1 Å². The highest BCUT2D eigenvalue weighted by molar-refractivity contribution is 5.32. The number of rotatable bonds is 2. The van der Waals surface area contributed by atoms with Crippen molar-refractivity contribution in [1.82, 2.24) is 9.78 Å². The number of aryl methyl sites for hydroxylation is 1. The number of nitrogens with zero attached hydrogens (tertiary/aromatic N) is 2. The highest BCUT2D eigenvalue weighted by atomic mass is 15.3. The van der Waals surface area contributed by atoms with E-state index >= 15 is 0 Å². The van der Waals surface area contributed by atoms with Crippen molar-refractivity contribution in [3.8, 4) is 0 Å². The smallest absolute Gasteiger partial charge is 0.0660 e. The number of hydrogen-bond donors (Lipinski definition) is 1. The number of aromatic nitrogens is 2. The predicted octanol–water partition coefficient (Wildman–Crippen LogP) is 2.76. The van der Waals surface area contributed by atoms with Crippen molar-refractivity contribution in [2.45, 2.75) is 69.9 Å². The van der Waals surface area contributed by atoms with Gasteiger partial charge in [-0.2, -0.15) is 5.10 Å². The van der Waals surface area contributed by atoms with Crippen LogP contribution in [0.3, 0.4) is 0 Å². The molecule has 3 heteroatoms. The van der Waals surface area contributed by atoms with Gasteiger partial charge in [0.15, 0.2) is 0 Å². The predicted molar refractivity (Wildman–Crippen MR) is 78.3 cm³/mol. The zero-order valence-corrected chi connectivity index (χ0v) is 12.3. The zero-order chi connectivity index (χ0) is 13.3. The van der Waals surface area contributed by atoms with Gasteiger partial charge in [0.1, 0.15) is 0 Å². The largest absolute Gasteiger partial charge is 0.325 e. The second-order valence-electron chi connectivity index (χ2n) is 7.98. The molecule has 4 saturated carbocycles. The highest BCUT2D eigenvalue weighted by Gasteiger charge is 2.53. The zero-order valence-electron chi connectivity index (χ0n) is 12.3. The molecule has 0 atom stereocenters. The van der Waals surface area contributed by atoms with Gasteiger partial charge in [0.25, 0.3) is 0 Å². The summed E-state index contributed by atoms with van der Waals surface area (Å²) in [6.07, 6.45) is 12.3. The third-order valence-electron chi connectivity index (χ3n) is 6.66. The van der Waals surface area contributed by atoms with E-state index in [2.05, 4.69) is 4.68 Å². The van der Waals surface area contributed by atoms with Gasteiger partial charge in [0.05, 0.1) is 16.9 Å². The summed E-state index contributed by atoms with van der Waals surface area (Å²) in [5, 5.41) is 5.09. The van der Waals surface area contributed by atoms with Crippen molar-refractivity contribution in [2.24, 2.45) is 23.5 Å². The minimum Gasteiger partial charge on any atom is -0.325 e. The highest BCUT2D eigenvalue weighted by Crippen LogP contribution is 2.59. The van der Waals surface area contributed by atoms with E-state index in [1.54, 1.807) is 0 Å². The molecule has 0 saturated heterocycles. The minimum absolute atomic E-state index is 0.355. The normalized spacial score (nSPS) is 41.4.